The van der Waals surface area contributed by atoms with Gasteiger partial charge in [0, 0.05) is 68.5 Å². The number of hydrogen-bond donors (Lipinski definition) is 2. The molecular weight excluding hydrogens is 626 g/mol. The zero-order valence-electron chi connectivity index (χ0n) is 23.1. The Morgan fingerprint density at radius 1 is 1.09 bits per heavy atom. The van der Waals surface area contributed by atoms with Gasteiger partial charge in [0.2, 0.25) is 21.9 Å². The molecule has 1 aliphatic carbocycles. The lowest BCUT2D eigenvalue weighted by atomic mass is 9.95. The Bertz CT molecular complexity index is 1380. The Labute approximate surface area is 249 Å². The van der Waals surface area contributed by atoms with Gasteiger partial charge in [0.1, 0.15) is 0 Å². The SMILES string of the molecule is CC(C)C1C(=O)NCCN1C[C@H]1CN(S(=O)(=O)C2=CC=CCC2=S)CCN1c1ncc(C(O)(C(F)(F)F)C(F)(F)F)cn1. The lowest BCUT2D eigenvalue weighted by Crippen LogP contribution is -2.64. The first-order valence-electron chi connectivity index (χ1n) is 13.3. The fraction of sp³-hybridized carbons (Fsp3) is 0.600. The maximum atomic E-state index is 13.6. The van der Waals surface area contributed by atoms with E-state index < -0.39 is 45.6 Å². The van der Waals surface area contributed by atoms with Crippen LogP contribution >= 0.6 is 12.2 Å². The Balaban J connectivity index is 1.69. The van der Waals surface area contributed by atoms with Crippen molar-refractivity contribution in [3.05, 3.63) is 41.1 Å². The standard InChI is InChI=1S/C25H30F6N6O4S2/c1-15(2)20-21(38)32-7-8-35(20)13-17-14-36(43(40,41)19-6-4-3-5-18(19)42)9-10-37(17)22-33-11-16(12-34-22)23(39,24(26,27)28)25(29,30)31/h3-4,6,11-12,15,17,20,39H,5,7-10,13-14H2,1-2H3,(H,32,38)/t17-,20?/m0/s1. The number of carbonyl (C=O) groups excluding carboxylic acids is 1. The number of amides is 1. The van der Waals surface area contributed by atoms with Crippen LogP contribution in [0.2, 0.25) is 0 Å². The summed E-state index contributed by atoms with van der Waals surface area (Å²) in [6.45, 7) is 4.17. The van der Waals surface area contributed by atoms with Crippen LogP contribution in [0.5, 0.6) is 0 Å². The highest BCUT2D eigenvalue weighted by atomic mass is 32.2. The van der Waals surface area contributed by atoms with Gasteiger partial charge in [-0.05, 0) is 12.0 Å². The van der Waals surface area contributed by atoms with Crippen molar-refractivity contribution >= 4 is 39.0 Å². The number of carbonyl (C=O) groups is 1. The average Bonchev–Trinajstić information content (AvgIpc) is 2.91. The monoisotopic (exact) mass is 656 g/mol. The zero-order valence-corrected chi connectivity index (χ0v) is 24.7. The van der Waals surface area contributed by atoms with E-state index in [1.54, 1.807) is 12.2 Å². The van der Waals surface area contributed by atoms with Gasteiger partial charge in [-0.3, -0.25) is 9.69 Å². The minimum Gasteiger partial charge on any atom is -0.369 e. The van der Waals surface area contributed by atoms with E-state index in [9.17, 15) is 44.7 Å². The van der Waals surface area contributed by atoms with Crippen LogP contribution in [0.1, 0.15) is 25.8 Å². The minimum atomic E-state index is -6.11. The van der Waals surface area contributed by atoms with Crippen molar-refractivity contribution in [2.45, 2.75) is 50.3 Å². The summed E-state index contributed by atoms with van der Waals surface area (Å²) < 4.78 is 109. The van der Waals surface area contributed by atoms with Crippen molar-refractivity contribution in [2.24, 2.45) is 5.92 Å². The molecule has 0 aromatic carbocycles. The number of nitrogens with one attached hydrogen (secondary N) is 1. The molecule has 2 fully saturated rings. The van der Waals surface area contributed by atoms with Gasteiger partial charge in [-0.25, -0.2) is 18.4 Å². The first-order valence-corrected chi connectivity index (χ1v) is 15.1. The number of hydrogen-bond acceptors (Lipinski definition) is 9. The molecule has 0 saturated carbocycles. The number of nitrogens with zero attached hydrogens (tertiary/aromatic N) is 5. The molecule has 10 nitrogen and oxygen atoms in total. The van der Waals surface area contributed by atoms with Crippen molar-refractivity contribution in [1.29, 1.82) is 0 Å². The second kappa shape index (κ2) is 12.0. The number of sulfonamides is 1. The number of halogens is 6. The van der Waals surface area contributed by atoms with E-state index in [0.717, 1.165) is 0 Å². The van der Waals surface area contributed by atoms with Crippen LogP contribution in [0.3, 0.4) is 0 Å². The summed E-state index contributed by atoms with van der Waals surface area (Å²) in [4.78, 5) is 23.7. The van der Waals surface area contributed by atoms with Gasteiger partial charge in [-0.1, -0.05) is 38.2 Å². The number of rotatable bonds is 7. The van der Waals surface area contributed by atoms with E-state index in [-0.39, 0.29) is 72.5 Å². The number of allylic oxidation sites excluding steroid dienone is 4. The van der Waals surface area contributed by atoms with E-state index in [0.29, 0.717) is 13.1 Å². The maximum Gasteiger partial charge on any atom is 0.430 e. The van der Waals surface area contributed by atoms with Gasteiger partial charge < -0.3 is 15.3 Å². The minimum absolute atomic E-state index is 0.0335. The second-order valence-corrected chi connectivity index (χ2v) is 13.1. The van der Waals surface area contributed by atoms with Crippen LogP contribution < -0.4 is 10.2 Å². The Kier molecular flexibility index (Phi) is 9.29. The number of aliphatic hydroxyl groups is 1. The fourth-order valence-electron chi connectivity index (χ4n) is 5.43. The van der Waals surface area contributed by atoms with E-state index >= 15 is 0 Å². The maximum absolute atomic E-state index is 13.6. The van der Waals surface area contributed by atoms with Crippen molar-refractivity contribution < 1.29 is 44.7 Å². The molecule has 3 heterocycles. The molecule has 18 heteroatoms. The number of aromatic nitrogens is 2. The molecule has 1 amide bonds. The first kappa shape index (κ1) is 33.2. The third-order valence-electron chi connectivity index (χ3n) is 7.60. The molecule has 2 saturated heterocycles. The normalized spacial score (nSPS) is 23.5. The van der Waals surface area contributed by atoms with E-state index in [1.165, 1.54) is 15.3 Å². The quantitative estimate of drug-likeness (QED) is 0.337. The van der Waals surface area contributed by atoms with Gasteiger partial charge in [0.05, 0.1) is 17.0 Å². The number of alkyl halides is 6. The molecule has 43 heavy (non-hydrogen) atoms. The summed E-state index contributed by atoms with van der Waals surface area (Å²) in [7, 11) is -4.06. The van der Waals surface area contributed by atoms with Crippen LogP contribution in [0.25, 0.3) is 0 Å². The Morgan fingerprint density at radius 3 is 2.28 bits per heavy atom. The summed E-state index contributed by atoms with van der Waals surface area (Å²) in [5.41, 5.74) is -6.82. The van der Waals surface area contributed by atoms with Gasteiger partial charge in [0.15, 0.2) is 0 Å². The molecular formula is C25H30F6N6O4S2. The highest BCUT2D eigenvalue weighted by Gasteiger charge is 2.71. The third-order valence-corrected chi connectivity index (χ3v) is 10.1. The largest absolute Gasteiger partial charge is 0.430 e. The Hall–Kier alpha value is -2.67. The van der Waals surface area contributed by atoms with Crippen molar-refractivity contribution in [2.75, 3.05) is 44.2 Å². The lowest BCUT2D eigenvalue weighted by molar-refractivity contribution is -0.376. The smallest absolute Gasteiger partial charge is 0.369 e. The summed E-state index contributed by atoms with van der Waals surface area (Å²) in [6.07, 6.45) is -6.74. The highest BCUT2D eigenvalue weighted by molar-refractivity contribution is 7.96. The predicted octanol–water partition coefficient (Wildman–Crippen LogP) is 2.28. The van der Waals surface area contributed by atoms with Gasteiger partial charge in [-0.15, -0.1) is 0 Å². The lowest BCUT2D eigenvalue weighted by Gasteiger charge is -2.45. The van der Waals surface area contributed by atoms with E-state index in [2.05, 4.69) is 15.3 Å². The van der Waals surface area contributed by atoms with E-state index in [1.807, 2.05) is 18.7 Å². The molecule has 0 bridgehead atoms. The summed E-state index contributed by atoms with van der Waals surface area (Å²) in [5.74, 6) is -0.626. The van der Waals surface area contributed by atoms with Gasteiger partial charge >= 0.3 is 12.4 Å². The van der Waals surface area contributed by atoms with Crippen molar-refractivity contribution in [3.8, 4) is 0 Å². The topological polar surface area (TPSA) is 119 Å². The van der Waals surface area contributed by atoms with Crippen LogP contribution in [-0.4, -0.2) is 107 Å². The molecule has 2 aliphatic heterocycles. The molecule has 1 aromatic rings. The molecule has 0 spiro atoms. The molecule has 238 valence electrons. The number of thiocarbonyl (C=S) groups is 1. The van der Waals surface area contributed by atoms with E-state index in [4.69, 9.17) is 12.2 Å². The van der Waals surface area contributed by atoms with Crippen molar-refractivity contribution in [3.63, 3.8) is 0 Å². The summed E-state index contributed by atoms with van der Waals surface area (Å²) >= 11 is 5.27. The molecule has 0 radical (unpaired) electrons. The predicted molar refractivity (Wildman–Crippen MR) is 147 cm³/mol. The van der Waals surface area contributed by atoms with Crippen molar-refractivity contribution in [1.82, 2.24) is 24.5 Å². The molecule has 1 aromatic heterocycles. The number of anilines is 1. The molecule has 2 N–H and O–H groups in total. The van der Waals surface area contributed by atoms with Crippen LogP contribution in [0.4, 0.5) is 32.3 Å². The second-order valence-electron chi connectivity index (χ2n) is 10.7. The van der Waals surface area contributed by atoms with Gasteiger partial charge in [-0.2, -0.15) is 30.6 Å². The van der Waals surface area contributed by atoms with Crippen LogP contribution in [0.15, 0.2) is 35.5 Å². The third kappa shape index (κ3) is 6.29. The molecule has 4 rings (SSSR count). The summed E-state index contributed by atoms with van der Waals surface area (Å²) in [5, 5.41) is 12.5. The fourth-order valence-corrected chi connectivity index (χ4v) is 7.50. The van der Waals surface area contributed by atoms with Gasteiger partial charge in [0.25, 0.3) is 5.60 Å². The first-order chi connectivity index (χ1) is 19.9. The molecule has 1 unspecified atom stereocenters. The molecule has 2 atom stereocenters. The number of piperazine rings is 2. The summed E-state index contributed by atoms with van der Waals surface area (Å²) in [6, 6.07) is -1.34. The Morgan fingerprint density at radius 2 is 1.72 bits per heavy atom. The zero-order chi connectivity index (χ0) is 32.0. The molecule has 3 aliphatic rings. The average molecular weight is 657 g/mol. The van der Waals surface area contributed by atoms with Crippen LogP contribution in [0, 0.1) is 5.92 Å². The highest BCUT2D eigenvalue weighted by Crippen LogP contribution is 2.49. The van der Waals surface area contributed by atoms with Crippen LogP contribution in [-0.2, 0) is 20.4 Å².